The molecule has 0 saturated heterocycles. The van der Waals surface area contributed by atoms with Crippen LogP contribution in [0.5, 0.6) is 0 Å². The van der Waals surface area contributed by atoms with Gasteiger partial charge < -0.3 is 5.73 Å². The standard InChI is InChI=1S/C9H6ClN3/c10-8-3-6(1-2-11)7(5-12)4-9(8)13/h3-4H,1,13H2. The van der Waals surface area contributed by atoms with Gasteiger partial charge in [-0.25, -0.2) is 0 Å². The van der Waals surface area contributed by atoms with Crippen molar-refractivity contribution in [2.75, 3.05) is 5.73 Å². The van der Waals surface area contributed by atoms with Crippen molar-refractivity contribution in [3.63, 3.8) is 0 Å². The fraction of sp³-hybridized carbons (Fsp3) is 0.111. The summed E-state index contributed by atoms with van der Waals surface area (Å²) in [6, 6.07) is 6.95. The molecule has 0 heterocycles. The predicted molar refractivity (Wildman–Crippen MR) is 49.9 cm³/mol. The quantitative estimate of drug-likeness (QED) is 0.689. The van der Waals surface area contributed by atoms with E-state index in [1.807, 2.05) is 12.1 Å². The van der Waals surface area contributed by atoms with Gasteiger partial charge in [0.2, 0.25) is 0 Å². The van der Waals surface area contributed by atoms with Crippen LogP contribution in [0.4, 0.5) is 5.69 Å². The minimum Gasteiger partial charge on any atom is -0.397 e. The number of nitriles is 2. The molecule has 4 heteroatoms. The predicted octanol–water partition coefficient (Wildman–Crippen LogP) is 1.86. The Balaban J connectivity index is 3.28. The Morgan fingerprint density at radius 3 is 2.62 bits per heavy atom. The lowest BCUT2D eigenvalue weighted by Crippen LogP contribution is -1.93. The van der Waals surface area contributed by atoms with Crippen LogP contribution < -0.4 is 5.73 Å². The summed E-state index contributed by atoms with van der Waals surface area (Å²) in [5, 5.41) is 17.5. The van der Waals surface area contributed by atoms with Gasteiger partial charge in [0, 0.05) is 0 Å². The van der Waals surface area contributed by atoms with Gasteiger partial charge in [0.25, 0.3) is 0 Å². The van der Waals surface area contributed by atoms with Crippen LogP contribution in [-0.2, 0) is 6.42 Å². The van der Waals surface area contributed by atoms with Crippen LogP contribution in [0.3, 0.4) is 0 Å². The maximum absolute atomic E-state index is 8.70. The average molecular weight is 192 g/mol. The summed E-state index contributed by atoms with van der Waals surface area (Å²) in [6.45, 7) is 0. The fourth-order valence-electron chi connectivity index (χ4n) is 0.967. The van der Waals surface area contributed by atoms with E-state index in [0.717, 1.165) is 0 Å². The van der Waals surface area contributed by atoms with Gasteiger partial charge >= 0.3 is 0 Å². The lowest BCUT2D eigenvalue weighted by molar-refractivity contribution is 1.24. The number of benzene rings is 1. The summed E-state index contributed by atoms with van der Waals surface area (Å²) in [7, 11) is 0. The van der Waals surface area contributed by atoms with Crippen molar-refractivity contribution in [3.05, 3.63) is 28.3 Å². The summed E-state index contributed by atoms with van der Waals surface area (Å²) in [5.41, 5.74) is 6.88. The summed E-state index contributed by atoms with van der Waals surface area (Å²) >= 11 is 5.73. The van der Waals surface area contributed by atoms with Gasteiger partial charge in [-0.05, 0) is 17.7 Å². The molecule has 1 aromatic rings. The van der Waals surface area contributed by atoms with E-state index >= 15 is 0 Å². The molecule has 0 unspecified atom stereocenters. The van der Waals surface area contributed by atoms with Crippen molar-refractivity contribution in [1.29, 1.82) is 10.5 Å². The maximum atomic E-state index is 8.70. The number of hydrogen-bond donors (Lipinski definition) is 1. The van der Waals surface area contributed by atoms with Gasteiger partial charge in [-0.15, -0.1) is 0 Å². The van der Waals surface area contributed by atoms with Gasteiger partial charge in [-0.2, -0.15) is 10.5 Å². The number of hydrogen-bond acceptors (Lipinski definition) is 3. The van der Waals surface area contributed by atoms with Crippen LogP contribution in [0, 0.1) is 22.7 Å². The van der Waals surface area contributed by atoms with Gasteiger partial charge in [0.05, 0.1) is 34.8 Å². The first kappa shape index (κ1) is 9.38. The zero-order valence-electron chi connectivity index (χ0n) is 6.71. The normalized spacial score (nSPS) is 8.85. The molecule has 0 spiro atoms. The van der Waals surface area contributed by atoms with E-state index in [1.165, 1.54) is 6.07 Å². The lowest BCUT2D eigenvalue weighted by Gasteiger charge is -2.02. The Bertz CT molecular complexity index is 412. The van der Waals surface area contributed by atoms with E-state index in [9.17, 15) is 0 Å². The molecule has 0 bridgehead atoms. The Morgan fingerprint density at radius 2 is 2.08 bits per heavy atom. The molecule has 0 aromatic heterocycles. The second-order valence-corrected chi connectivity index (χ2v) is 2.88. The van der Waals surface area contributed by atoms with Crippen molar-refractivity contribution >= 4 is 17.3 Å². The molecule has 2 N–H and O–H groups in total. The molecule has 0 radical (unpaired) electrons. The van der Waals surface area contributed by atoms with E-state index < -0.39 is 0 Å². The number of nitrogens with zero attached hydrogens (tertiary/aromatic N) is 2. The minimum atomic E-state index is 0.170. The molecule has 0 aliphatic rings. The van der Waals surface area contributed by atoms with Crippen LogP contribution in [0.25, 0.3) is 0 Å². The van der Waals surface area contributed by atoms with E-state index in [0.29, 0.717) is 21.8 Å². The van der Waals surface area contributed by atoms with Crippen molar-refractivity contribution in [2.45, 2.75) is 6.42 Å². The van der Waals surface area contributed by atoms with Crippen molar-refractivity contribution < 1.29 is 0 Å². The highest BCUT2D eigenvalue weighted by Gasteiger charge is 2.05. The second kappa shape index (κ2) is 3.80. The molecular weight excluding hydrogens is 186 g/mol. The zero-order chi connectivity index (χ0) is 9.84. The highest BCUT2D eigenvalue weighted by atomic mass is 35.5. The molecule has 3 nitrogen and oxygen atoms in total. The maximum Gasteiger partial charge on any atom is 0.0995 e. The summed E-state index contributed by atoms with van der Waals surface area (Å²) in [5.74, 6) is 0. The number of rotatable bonds is 1. The van der Waals surface area contributed by atoms with Gasteiger partial charge in [0.1, 0.15) is 0 Å². The smallest absolute Gasteiger partial charge is 0.0995 e. The molecule has 64 valence electrons. The van der Waals surface area contributed by atoms with E-state index in [1.54, 1.807) is 6.07 Å². The Labute approximate surface area is 81.0 Å². The van der Waals surface area contributed by atoms with Crippen LogP contribution in [0.1, 0.15) is 11.1 Å². The van der Waals surface area contributed by atoms with Gasteiger partial charge in [-0.3, -0.25) is 0 Å². The lowest BCUT2D eigenvalue weighted by atomic mass is 10.1. The SMILES string of the molecule is N#CCc1cc(Cl)c(N)cc1C#N. The Hall–Kier alpha value is -1.71. The van der Waals surface area contributed by atoms with Crippen LogP contribution >= 0.6 is 11.6 Å². The highest BCUT2D eigenvalue weighted by Crippen LogP contribution is 2.23. The molecule has 0 fully saturated rings. The highest BCUT2D eigenvalue weighted by molar-refractivity contribution is 6.33. The molecule has 1 aromatic carbocycles. The molecule has 13 heavy (non-hydrogen) atoms. The first-order chi connectivity index (χ1) is 6.19. The Morgan fingerprint density at radius 1 is 1.38 bits per heavy atom. The third-order valence-electron chi connectivity index (χ3n) is 1.61. The molecule has 0 aliphatic heterocycles. The molecule has 0 aliphatic carbocycles. The number of anilines is 1. The number of nitrogen functional groups attached to an aromatic ring is 1. The van der Waals surface area contributed by atoms with Crippen LogP contribution in [-0.4, -0.2) is 0 Å². The summed E-state index contributed by atoms with van der Waals surface area (Å²) in [4.78, 5) is 0. The first-order valence-corrected chi connectivity index (χ1v) is 3.91. The first-order valence-electron chi connectivity index (χ1n) is 3.54. The van der Waals surface area contributed by atoms with Crippen molar-refractivity contribution in [1.82, 2.24) is 0 Å². The topological polar surface area (TPSA) is 73.6 Å². The summed E-state index contributed by atoms with van der Waals surface area (Å²) < 4.78 is 0. The summed E-state index contributed by atoms with van der Waals surface area (Å²) in [6.07, 6.45) is 0.170. The third kappa shape index (κ3) is 1.90. The average Bonchev–Trinajstić information content (AvgIpc) is 2.11. The number of nitrogens with two attached hydrogens (primary N) is 1. The second-order valence-electron chi connectivity index (χ2n) is 2.48. The van der Waals surface area contributed by atoms with Gasteiger partial charge in [-0.1, -0.05) is 11.6 Å². The molecule has 0 amide bonds. The molecule has 0 atom stereocenters. The fourth-order valence-corrected chi connectivity index (χ4v) is 1.15. The molecular formula is C9H6ClN3. The minimum absolute atomic E-state index is 0.170. The third-order valence-corrected chi connectivity index (χ3v) is 1.94. The van der Waals surface area contributed by atoms with E-state index in [2.05, 4.69) is 0 Å². The van der Waals surface area contributed by atoms with Gasteiger partial charge in [0.15, 0.2) is 0 Å². The van der Waals surface area contributed by atoms with E-state index in [-0.39, 0.29) is 6.42 Å². The van der Waals surface area contributed by atoms with Crippen molar-refractivity contribution in [3.8, 4) is 12.1 Å². The van der Waals surface area contributed by atoms with Crippen LogP contribution in [0.2, 0.25) is 5.02 Å². The molecule has 0 saturated carbocycles. The number of halogens is 1. The van der Waals surface area contributed by atoms with E-state index in [4.69, 9.17) is 27.9 Å². The van der Waals surface area contributed by atoms with Crippen LogP contribution in [0.15, 0.2) is 12.1 Å². The largest absolute Gasteiger partial charge is 0.397 e. The Kier molecular flexibility index (Phi) is 2.74. The molecule has 1 rings (SSSR count). The zero-order valence-corrected chi connectivity index (χ0v) is 7.47. The monoisotopic (exact) mass is 191 g/mol. The van der Waals surface area contributed by atoms with Crippen molar-refractivity contribution in [2.24, 2.45) is 0 Å².